The highest BCUT2D eigenvalue weighted by Crippen LogP contribution is 2.25. The maximum atomic E-state index is 12.5. The third-order valence-electron chi connectivity index (χ3n) is 5.14. The zero-order valence-corrected chi connectivity index (χ0v) is 15.8. The van der Waals surface area contributed by atoms with Crippen LogP contribution in [0.15, 0.2) is 60.7 Å². The summed E-state index contributed by atoms with van der Waals surface area (Å²) in [6.07, 6.45) is 1.72. The Balaban J connectivity index is 1.35. The second kappa shape index (κ2) is 8.07. The van der Waals surface area contributed by atoms with Crippen molar-refractivity contribution in [3.8, 4) is 0 Å². The normalized spacial score (nSPS) is 15.7. The number of piperidine rings is 1. The molecule has 1 aliphatic rings. The van der Waals surface area contributed by atoms with Crippen LogP contribution in [0.1, 0.15) is 18.4 Å². The van der Waals surface area contributed by atoms with Gasteiger partial charge in [-0.2, -0.15) is 0 Å². The molecule has 1 amide bonds. The predicted octanol–water partition coefficient (Wildman–Crippen LogP) is 4.74. The minimum absolute atomic E-state index is 0.0617. The summed E-state index contributed by atoms with van der Waals surface area (Å²) in [6.45, 7) is 2.54. The lowest BCUT2D eigenvalue weighted by atomic mass is 9.95. The number of carbonyl (C=O) groups excluding carboxylic acids is 1. The first kappa shape index (κ1) is 18.0. The molecule has 2 aromatic carbocycles. The zero-order valence-electron chi connectivity index (χ0n) is 15.1. The number of amides is 1. The summed E-state index contributed by atoms with van der Waals surface area (Å²) in [4.78, 5) is 19.3. The number of carbonyl (C=O) groups is 1. The highest BCUT2D eigenvalue weighted by Gasteiger charge is 2.25. The van der Waals surface area contributed by atoms with Gasteiger partial charge in [-0.05, 0) is 50.2 Å². The van der Waals surface area contributed by atoms with Gasteiger partial charge in [-0.15, -0.1) is 0 Å². The van der Waals surface area contributed by atoms with E-state index < -0.39 is 0 Å². The van der Waals surface area contributed by atoms with E-state index in [0.29, 0.717) is 5.15 Å². The summed E-state index contributed by atoms with van der Waals surface area (Å²) in [5.74, 6) is 0.179. The Morgan fingerprint density at radius 1 is 1.07 bits per heavy atom. The van der Waals surface area contributed by atoms with E-state index in [1.165, 1.54) is 0 Å². The number of benzene rings is 2. The van der Waals surface area contributed by atoms with Gasteiger partial charge in [0, 0.05) is 29.1 Å². The summed E-state index contributed by atoms with van der Waals surface area (Å²) in [5, 5.41) is 4.69. The Labute approximate surface area is 164 Å². The molecule has 4 nitrogen and oxygen atoms in total. The number of hydrogen-bond acceptors (Lipinski definition) is 3. The Bertz CT molecular complexity index is 937. The Morgan fingerprint density at radius 3 is 2.56 bits per heavy atom. The fourth-order valence-electron chi connectivity index (χ4n) is 3.61. The molecule has 5 heteroatoms. The molecule has 0 saturated carbocycles. The van der Waals surface area contributed by atoms with Crippen molar-refractivity contribution in [2.75, 3.05) is 18.4 Å². The van der Waals surface area contributed by atoms with Crippen LogP contribution in [-0.4, -0.2) is 28.9 Å². The van der Waals surface area contributed by atoms with Gasteiger partial charge in [-0.25, -0.2) is 4.98 Å². The molecule has 0 spiro atoms. The van der Waals surface area contributed by atoms with E-state index in [2.05, 4.69) is 27.3 Å². The molecule has 0 atom stereocenters. The summed E-state index contributed by atoms with van der Waals surface area (Å²) in [5.41, 5.74) is 2.82. The van der Waals surface area contributed by atoms with Crippen molar-refractivity contribution in [3.05, 3.63) is 71.4 Å². The third kappa shape index (κ3) is 4.29. The number of fused-ring (bicyclic) bond motifs is 1. The standard InChI is InChI=1S/C22H22ClN3O/c23-21-18(14-17-6-4-5-9-20(17)25-21)15-26-12-10-16(11-13-26)22(27)24-19-7-2-1-3-8-19/h1-9,14,16H,10-13,15H2,(H,24,27). The molecule has 1 saturated heterocycles. The van der Waals surface area contributed by atoms with Crippen LogP contribution in [-0.2, 0) is 11.3 Å². The largest absolute Gasteiger partial charge is 0.326 e. The monoisotopic (exact) mass is 379 g/mol. The second-order valence-corrected chi connectivity index (χ2v) is 7.39. The van der Waals surface area contributed by atoms with Gasteiger partial charge in [-0.1, -0.05) is 48.0 Å². The number of anilines is 1. The first-order chi connectivity index (χ1) is 13.2. The second-order valence-electron chi connectivity index (χ2n) is 7.04. The summed E-state index contributed by atoms with van der Waals surface area (Å²) < 4.78 is 0. The van der Waals surface area contributed by atoms with E-state index in [0.717, 1.165) is 54.6 Å². The molecule has 2 heterocycles. The number of aromatic nitrogens is 1. The lowest BCUT2D eigenvalue weighted by Crippen LogP contribution is -2.37. The molecule has 27 heavy (non-hydrogen) atoms. The highest BCUT2D eigenvalue weighted by atomic mass is 35.5. The van der Waals surface area contributed by atoms with E-state index >= 15 is 0 Å². The van der Waals surface area contributed by atoms with E-state index in [1.54, 1.807) is 0 Å². The first-order valence-corrected chi connectivity index (χ1v) is 9.69. The van der Waals surface area contributed by atoms with Gasteiger partial charge < -0.3 is 5.32 Å². The molecule has 1 aromatic heterocycles. The quantitative estimate of drug-likeness (QED) is 0.666. The van der Waals surface area contributed by atoms with E-state index in [-0.39, 0.29) is 11.8 Å². The number of rotatable bonds is 4. The predicted molar refractivity (Wildman–Crippen MR) is 110 cm³/mol. The molecule has 0 unspecified atom stereocenters. The molecular weight excluding hydrogens is 358 g/mol. The van der Waals surface area contributed by atoms with Crippen LogP contribution in [0.3, 0.4) is 0 Å². The van der Waals surface area contributed by atoms with Gasteiger partial charge >= 0.3 is 0 Å². The molecule has 1 N–H and O–H groups in total. The van der Waals surface area contributed by atoms with E-state index in [1.807, 2.05) is 48.5 Å². The number of pyridine rings is 1. The Kier molecular flexibility index (Phi) is 5.37. The fraction of sp³-hybridized carbons (Fsp3) is 0.273. The lowest BCUT2D eigenvalue weighted by molar-refractivity contribution is -0.121. The topological polar surface area (TPSA) is 45.2 Å². The molecule has 138 valence electrons. The summed E-state index contributed by atoms with van der Waals surface area (Å²) in [7, 11) is 0. The number of likely N-dealkylation sites (tertiary alicyclic amines) is 1. The van der Waals surface area contributed by atoms with Crippen LogP contribution < -0.4 is 5.32 Å². The lowest BCUT2D eigenvalue weighted by Gasteiger charge is -2.31. The van der Waals surface area contributed by atoms with E-state index in [4.69, 9.17) is 11.6 Å². The van der Waals surface area contributed by atoms with Gasteiger partial charge in [0.05, 0.1) is 5.52 Å². The van der Waals surface area contributed by atoms with Gasteiger partial charge in [0.2, 0.25) is 5.91 Å². The molecule has 3 aromatic rings. The third-order valence-corrected chi connectivity index (χ3v) is 5.47. The number of nitrogens with zero attached hydrogens (tertiary/aromatic N) is 2. The van der Waals surface area contributed by atoms with Crippen LogP contribution in [0.25, 0.3) is 10.9 Å². The van der Waals surface area contributed by atoms with Gasteiger partial charge in [0.15, 0.2) is 0 Å². The van der Waals surface area contributed by atoms with Crippen molar-refractivity contribution in [2.45, 2.75) is 19.4 Å². The van der Waals surface area contributed by atoms with Gasteiger partial charge in [0.25, 0.3) is 0 Å². The maximum absolute atomic E-state index is 12.5. The van der Waals surface area contributed by atoms with Crippen molar-refractivity contribution < 1.29 is 4.79 Å². The minimum Gasteiger partial charge on any atom is -0.326 e. The van der Waals surface area contributed by atoms with Crippen LogP contribution in [0.2, 0.25) is 5.15 Å². The Hall–Kier alpha value is -2.43. The number of hydrogen-bond donors (Lipinski definition) is 1. The molecule has 1 aliphatic heterocycles. The van der Waals surface area contributed by atoms with Crippen LogP contribution >= 0.6 is 11.6 Å². The first-order valence-electron chi connectivity index (χ1n) is 9.31. The van der Waals surface area contributed by atoms with E-state index in [9.17, 15) is 4.79 Å². The molecule has 4 rings (SSSR count). The van der Waals surface area contributed by atoms with Crippen LogP contribution in [0, 0.1) is 5.92 Å². The van der Waals surface area contributed by atoms with Crippen LogP contribution in [0.4, 0.5) is 5.69 Å². The van der Waals surface area contributed by atoms with Crippen molar-refractivity contribution in [3.63, 3.8) is 0 Å². The smallest absolute Gasteiger partial charge is 0.227 e. The molecule has 0 bridgehead atoms. The minimum atomic E-state index is 0.0617. The van der Waals surface area contributed by atoms with Crippen molar-refractivity contribution >= 4 is 34.1 Å². The number of halogens is 1. The average Bonchev–Trinajstić information content (AvgIpc) is 2.70. The summed E-state index contributed by atoms with van der Waals surface area (Å²) >= 11 is 6.39. The van der Waals surface area contributed by atoms with Crippen molar-refractivity contribution in [1.82, 2.24) is 9.88 Å². The SMILES string of the molecule is O=C(Nc1ccccc1)C1CCN(Cc2cc3ccccc3nc2Cl)CC1. The highest BCUT2D eigenvalue weighted by molar-refractivity contribution is 6.30. The fourth-order valence-corrected chi connectivity index (χ4v) is 3.81. The molecule has 0 aliphatic carbocycles. The number of nitrogens with one attached hydrogen (secondary N) is 1. The number of para-hydroxylation sites is 2. The average molecular weight is 380 g/mol. The Morgan fingerprint density at radius 2 is 1.78 bits per heavy atom. The van der Waals surface area contributed by atoms with Gasteiger partial charge in [0.1, 0.15) is 5.15 Å². The molecule has 1 fully saturated rings. The molecular formula is C22H22ClN3O. The van der Waals surface area contributed by atoms with Crippen LogP contribution in [0.5, 0.6) is 0 Å². The van der Waals surface area contributed by atoms with Crippen molar-refractivity contribution in [1.29, 1.82) is 0 Å². The van der Waals surface area contributed by atoms with Crippen molar-refractivity contribution in [2.24, 2.45) is 5.92 Å². The molecule has 0 radical (unpaired) electrons. The zero-order chi connectivity index (χ0) is 18.6. The summed E-state index contributed by atoms with van der Waals surface area (Å²) in [6, 6.07) is 19.8. The van der Waals surface area contributed by atoms with Gasteiger partial charge in [-0.3, -0.25) is 9.69 Å². The maximum Gasteiger partial charge on any atom is 0.227 e.